The van der Waals surface area contributed by atoms with Crippen molar-refractivity contribution in [2.75, 3.05) is 18.1 Å². The number of nitrogens with zero attached hydrogens (tertiary/aromatic N) is 1. The second kappa shape index (κ2) is 7.55. The van der Waals surface area contributed by atoms with Crippen LogP contribution < -0.4 is 10.6 Å². The third-order valence-corrected chi connectivity index (χ3v) is 3.54. The Bertz CT molecular complexity index is 560. The van der Waals surface area contributed by atoms with Gasteiger partial charge in [-0.15, -0.1) is 11.8 Å². The summed E-state index contributed by atoms with van der Waals surface area (Å²) in [5, 5.41) is 5.69. The van der Waals surface area contributed by atoms with Gasteiger partial charge in [0, 0.05) is 29.8 Å². The monoisotopic (exact) mass is 287 g/mol. The van der Waals surface area contributed by atoms with E-state index in [0.717, 1.165) is 22.7 Å². The van der Waals surface area contributed by atoms with Crippen molar-refractivity contribution in [1.29, 1.82) is 0 Å². The third kappa shape index (κ3) is 4.28. The summed E-state index contributed by atoms with van der Waals surface area (Å²) in [5.41, 5.74) is 1.80. The molecule has 0 spiro atoms. The topological polar surface area (TPSA) is 54.0 Å². The van der Waals surface area contributed by atoms with Crippen molar-refractivity contribution in [3.05, 3.63) is 54.4 Å². The van der Waals surface area contributed by atoms with E-state index in [4.69, 9.17) is 0 Å². The molecular formula is C15H17N3OS. The number of nitrogens with one attached hydrogen (secondary N) is 2. The Balaban J connectivity index is 1.81. The van der Waals surface area contributed by atoms with E-state index in [2.05, 4.69) is 15.6 Å². The van der Waals surface area contributed by atoms with Gasteiger partial charge >= 0.3 is 6.03 Å². The molecule has 4 nitrogen and oxygen atoms in total. The second-order valence-electron chi connectivity index (χ2n) is 4.15. The molecule has 0 saturated heterocycles. The lowest BCUT2D eigenvalue weighted by molar-refractivity contribution is 0.252. The van der Waals surface area contributed by atoms with Gasteiger partial charge in [-0.25, -0.2) is 4.79 Å². The molecule has 104 valence electrons. The largest absolute Gasteiger partial charge is 0.337 e. The van der Waals surface area contributed by atoms with Crippen LogP contribution in [0.2, 0.25) is 0 Å². The first-order chi connectivity index (χ1) is 9.79. The van der Waals surface area contributed by atoms with Crippen LogP contribution in [0.4, 0.5) is 10.5 Å². The fourth-order valence-electron chi connectivity index (χ4n) is 1.76. The molecule has 2 aromatic rings. The fraction of sp³-hybridized carbons (Fsp3) is 0.200. The molecule has 1 aromatic carbocycles. The van der Waals surface area contributed by atoms with Gasteiger partial charge in [0.25, 0.3) is 0 Å². The Morgan fingerprint density at radius 1 is 1.20 bits per heavy atom. The summed E-state index contributed by atoms with van der Waals surface area (Å²) in [6, 6.07) is 13.3. The van der Waals surface area contributed by atoms with Gasteiger partial charge in [0.2, 0.25) is 0 Å². The van der Waals surface area contributed by atoms with Crippen LogP contribution in [0.15, 0.2) is 53.6 Å². The average Bonchev–Trinajstić information content (AvgIpc) is 2.49. The van der Waals surface area contributed by atoms with Crippen LogP contribution in [0, 0.1) is 0 Å². The number of amides is 2. The van der Waals surface area contributed by atoms with Gasteiger partial charge < -0.3 is 10.6 Å². The van der Waals surface area contributed by atoms with E-state index in [1.807, 2.05) is 48.7 Å². The van der Waals surface area contributed by atoms with Crippen LogP contribution in [0.3, 0.4) is 0 Å². The first kappa shape index (κ1) is 14.4. The molecule has 20 heavy (non-hydrogen) atoms. The molecule has 0 atom stereocenters. The minimum absolute atomic E-state index is 0.192. The Morgan fingerprint density at radius 3 is 2.75 bits per heavy atom. The fourth-order valence-corrected chi connectivity index (χ4v) is 2.32. The van der Waals surface area contributed by atoms with Gasteiger partial charge in [-0.05, 0) is 30.5 Å². The quantitative estimate of drug-likeness (QED) is 0.831. The number of urea groups is 1. The lowest BCUT2D eigenvalue weighted by atomic mass is 10.3. The molecule has 0 bridgehead atoms. The van der Waals surface area contributed by atoms with Gasteiger partial charge in [-0.1, -0.05) is 18.2 Å². The van der Waals surface area contributed by atoms with Crippen molar-refractivity contribution < 1.29 is 4.79 Å². The van der Waals surface area contributed by atoms with E-state index in [0.29, 0.717) is 6.54 Å². The molecule has 0 radical (unpaired) electrons. The predicted molar refractivity (Wildman–Crippen MR) is 83.2 cm³/mol. The van der Waals surface area contributed by atoms with Crippen molar-refractivity contribution in [3.8, 4) is 0 Å². The molecule has 1 aromatic heterocycles. The third-order valence-electron chi connectivity index (χ3n) is 2.75. The van der Waals surface area contributed by atoms with E-state index in [-0.39, 0.29) is 6.03 Å². The van der Waals surface area contributed by atoms with Gasteiger partial charge in [-0.3, -0.25) is 4.98 Å². The minimum Gasteiger partial charge on any atom is -0.337 e. The number of para-hydroxylation sites is 1. The maximum absolute atomic E-state index is 11.8. The summed E-state index contributed by atoms with van der Waals surface area (Å²) in [5.74, 6) is 0. The molecule has 2 N–H and O–H groups in total. The number of hydrogen-bond acceptors (Lipinski definition) is 3. The Hall–Kier alpha value is -2.01. The molecule has 2 rings (SSSR count). The standard InChI is InChI=1S/C15H17N3OS/c1-20-14-8-3-2-7-13(14)18-15(19)17-11-9-12-6-4-5-10-16-12/h2-8,10H,9,11H2,1H3,(H2,17,18,19). The van der Waals surface area contributed by atoms with Crippen LogP contribution in [-0.2, 0) is 6.42 Å². The van der Waals surface area contributed by atoms with Crippen LogP contribution >= 0.6 is 11.8 Å². The minimum atomic E-state index is -0.192. The van der Waals surface area contributed by atoms with Gasteiger partial charge in [-0.2, -0.15) is 0 Å². The molecule has 0 aliphatic heterocycles. The number of anilines is 1. The molecule has 0 fully saturated rings. The average molecular weight is 287 g/mol. The number of aromatic nitrogens is 1. The van der Waals surface area contributed by atoms with Crippen molar-refractivity contribution in [1.82, 2.24) is 10.3 Å². The Labute approximate surface area is 123 Å². The van der Waals surface area contributed by atoms with E-state index in [9.17, 15) is 4.79 Å². The summed E-state index contributed by atoms with van der Waals surface area (Å²) in [6.45, 7) is 0.560. The highest BCUT2D eigenvalue weighted by atomic mass is 32.2. The summed E-state index contributed by atoms with van der Waals surface area (Å²) >= 11 is 1.61. The summed E-state index contributed by atoms with van der Waals surface area (Å²) < 4.78 is 0. The molecule has 5 heteroatoms. The molecule has 0 aliphatic carbocycles. The molecule has 1 heterocycles. The zero-order valence-corrected chi connectivity index (χ0v) is 12.1. The van der Waals surface area contributed by atoms with Crippen LogP contribution in [0.25, 0.3) is 0 Å². The highest BCUT2D eigenvalue weighted by molar-refractivity contribution is 7.98. The number of hydrogen-bond donors (Lipinski definition) is 2. The Kier molecular flexibility index (Phi) is 5.43. The highest BCUT2D eigenvalue weighted by Gasteiger charge is 2.05. The molecular weight excluding hydrogens is 270 g/mol. The van der Waals surface area contributed by atoms with Crippen LogP contribution in [0.5, 0.6) is 0 Å². The van der Waals surface area contributed by atoms with Gasteiger partial charge in [0.1, 0.15) is 0 Å². The first-order valence-electron chi connectivity index (χ1n) is 6.37. The summed E-state index contributed by atoms with van der Waals surface area (Å²) in [4.78, 5) is 17.1. The predicted octanol–water partition coefficient (Wildman–Crippen LogP) is 3.17. The van der Waals surface area contributed by atoms with E-state index in [1.165, 1.54) is 0 Å². The van der Waals surface area contributed by atoms with Crippen molar-refractivity contribution in [2.45, 2.75) is 11.3 Å². The van der Waals surface area contributed by atoms with Crippen molar-refractivity contribution in [3.63, 3.8) is 0 Å². The Morgan fingerprint density at radius 2 is 2.00 bits per heavy atom. The number of pyridine rings is 1. The second-order valence-corrected chi connectivity index (χ2v) is 5.00. The van der Waals surface area contributed by atoms with Gasteiger partial charge in [0.05, 0.1) is 5.69 Å². The van der Waals surface area contributed by atoms with Crippen LogP contribution in [0.1, 0.15) is 5.69 Å². The number of thioether (sulfide) groups is 1. The van der Waals surface area contributed by atoms with Crippen molar-refractivity contribution in [2.24, 2.45) is 0 Å². The smallest absolute Gasteiger partial charge is 0.319 e. The van der Waals surface area contributed by atoms with E-state index >= 15 is 0 Å². The molecule has 2 amide bonds. The summed E-state index contributed by atoms with van der Waals surface area (Å²) in [6.07, 6.45) is 4.46. The molecule has 0 unspecified atom stereocenters. The number of carbonyl (C=O) groups is 1. The number of benzene rings is 1. The highest BCUT2D eigenvalue weighted by Crippen LogP contribution is 2.24. The lowest BCUT2D eigenvalue weighted by Crippen LogP contribution is -2.30. The van der Waals surface area contributed by atoms with E-state index < -0.39 is 0 Å². The maximum Gasteiger partial charge on any atom is 0.319 e. The maximum atomic E-state index is 11.8. The zero-order valence-electron chi connectivity index (χ0n) is 11.3. The summed E-state index contributed by atoms with van der Waals surface area (Å²) in [7, 11) is 0. The van der Waals surface area contributed by atoms with E-state index in [1.54, 1.807) is 18.0 Å². The lowest BCUT2D eigenvalue weighted by Gasteiger charge is -2.10. The molecule has 0 aliphatic rings. The first-order valence-corrected chi connectivity index (χ1v) is 7.60. The molecule has 0 saturated carbocycles. The van der Waals surface area contributed by atoms with Crippen molar-refractivity contribution >= 4 is 23.5 Å². The normalized spacial score (nSPS) is 10.1. The van der Waals surface area contributed by atoms with Crippen LogP contribution in [-0.4, -0.2) is 23.8 Å². The number of rotatable bonds is 5. The SMILES string of the molecule is CSc1ccccc1NC(=O)NCCc1ccccn1. The zero-order chi connectivity index (χ0) is 14.2. The van der Waals surface area contributed by atoms with Gasteiger partial charge in [0.15, 0.2) is 0 Å². The number of carbonyl (C=O) groups excluding carboxylic acids is 1.